The van der Waals surface area contributed by atoms with Gasteiger partial charge in [0.05, 0.1) is 6.54 Å². The van der Waals surface area contributed by atoms with E-state index in [-0.39, 0.29) is 11.9 Å². The van der Waals surface area contributed by atoms with Gasteiger partial charge in [-0.25, -0.2) is 30.2 Å². The van der Waals surface area contributed by atoms with Gasteiger partial charge >= 0.3 is 0 Å². The number of rotatable bonds is 6. The summed E-state index contributed by atoms with van der Waals surface area (Å²) in [6, 6.07) is 3.52. The number of hydrogen-bond acceptors (Lipinski definition) is 7. The summed E-state index contributed by atoms with van der Waals surface area (Å²) in [5.41, 5.74) is 0.925. The Kier molecular flexibility index (Phi) is 9.77. The van der Waals surface area contributed by atoms with Crippen molar-refractivity contribution in [2.75, 3.05) is 20.1 Å². The van der Waals surface area contributed by atoms with Gasteiger partial charge in [-0.2, -0.15) is 0 Å². The number of pyridine rings is 1. The molecule has 0 radical (unpaired) electrons. The maximum Gasteiger partial charge on any atom is 0.271 e. The highest BCUT2D eigenvalue weighted by Gasteiger charge is 2.21. The zero-order valence-electron chi connectivity index (χ0n) is 16.6. The van der Waals surface area contributed by atoms with Gasteiger partial charge < -0.3 is 20.9 Å². The molecular formula is C15H18Cl2N10O4S. The molecule has 0 aliphatic carbocycles. The first kappa shape index (κ1) is 25.0. The van der Waals surface area contributed by atoms with E-state index in [1.165, 1.54) is 18.4 Å². The van der Waals surface area contributed by atoms with E-state index in [0.717, 1.165) is 10.4 Å². The average Bonchev–Trinajstić information content (AvgIpc) is 3.35. The summed E-state index contributed by atoms with van der Waals surface area (Å²) in [6.45, 7) is 2.23. The molecule has 3 heterocycles. The number of nitrogens with one attached hydrogen (secondary N) is 3. The molecule has 1 aliphatic rings. The molecule has 1 aliphatic heterocycles. The van der Waals surface area contributed by atoms with E-state index in [4.69, 9.17) is 23.2 Å². The van der Waals surface area contributed by atoms with Gasteiger partial charge in [0.1, 0.15) is 15.4 Å². The summed E-state index contributed by atoms with van der Waals surface area (Å²) in [5, 5.41) is 33.9. The molecule has 0 bridgehead atoms. The summed E-state index contributed by atoms with van der Waals surface area (Å²) < 4.78 is 0.434. The van der Waals surface area contributed by atoms with E-state index in [1.54, 1.807) is 23.4 Å². The second kappa shape index (κ2) is 12.5. The minimum Gasteiger partial charge on any atom is -0.354 e. The molecule has 0 spiro atoms. The number of guanidine groups is 2. The van der Waals surface area contributed by atoms with E-state index in [9.17, 15) is 20.2 Å². The number of thiazole rings is 1. The highest BCUT2D eigenvalue weighted by Crippen LogP contribution is 2.17. The normalized spacial score (nSPS) is 14.4. The zero-order valence-corrected chi connectivity index (χ0v) is 18.9. The lowest BCUT2D eigenvalue weighted by atomic mass is 10.3. The fourth-order valence-corrected chi connectivity index (χ4v) is 3.39. The van der Waals surface area contributed by atoms with Crippen LogP contribution in [0.25, 0.3) is 0 Å². The third-order valence-electron chi connectivity index (χ3n) is 3.68. The first-order chi connectivity index (χ1) is 15.3. The molecule has 32 heavy (non-hydrogen) atoms. The van der Waals surface area contributed by atoms with Gasteiger partial charge in [0.15, 0.2) is 14.5 Å². The molecule has 0 saturated carbocycles. The van der Waals surface area contributed by atoms with Gasteiger partial charge in [-0.15, -0.1) is 11.3 Å². The van der Waals surface area contributed by atoms with Crippen molar-refractivity contribution in [1.29, 1.82) is 0 Å². The molecule has 1 saturated heterocycles. The molecule has 3 rings (SSSR count). The van der Waals surface area contributed by atoms with Crippen molar-refractivity contribution in [3.63, 3.8) is 0 Å². The Hall–Kier alpha value is -3.30. The number of nitro groups is 2. The SMILES string of the molecule is CN/C(=N\[N+](=O)[O-])NCc1cnc(Cl)s1.O=[N+]([O-])/N=C1\NCCN1Cc1ccc(Cl)nc1. The van der Waals surface area contributed by atoms with Crippen LogP contribution in [0.3, 0.4) is 0 Å². The predicted molar refractivity (Wildman–Crippen MR) is 120 cm³/mol. The summed E-state index contributed by atoms with van der Waals surface area (Å²) in [7, 11) is 1.54. The summed E-state index contributed by atoms with van der Waals surface area (Å²) in [4.78, 5) is 30.8. The van der Waals surface area contributed by atoms with Crippen LogP contribution in [0.1, 0.15) is 10.4 Å². The first-order valence-electron chi connectivity index (χ1n) is 8.84. The lowest BCUT2D eigenvalue weighted by Gasteiger charge is -2.14. The van der Waals surface area contributed by atoms with Crippen molar-refractivity contribution in [2.24, 2.45) is 10.2 Å². The van der Waals surface area contributed by atoms with Crippen LogP contribution >= 0.6 is 34.5 Å². The van der Waals surface area contributed by atoms with E-state index >= 15 is 0 Å². The highest BCUT2D eigenvalue weighted by molar-refractivity contribution is 7.15. The zero-order chi connectivity index (χ0) is 23.5. The van der Waals surface area contributed by atoms with Crippen molar-refractivity contribution in [2.45, 2.75) is 13.1 Å². The Labute approximate surface area is 195 Å². The van der Waals surface area contributed by atoms with Crippen molar-refractivity contribution in [1.82, 2.24) is 30.8 Å². The highest BCUT2D eigenvalue weighted by atomic mass is 35.5. The van der Waals surface area contributed by atoms with Crippen LogP contribution < -0.4 is 16.0 Å². The van der Waals surface area contributed by atoms with Gasteiger partial charge in [0.25, 0.3) is 11.9 Å². The number of nitrogens with zero attached hydrogens (tertiary/aromatic N) is 7. The summed E-state index contributed by atoms with van der Waals surface area (Å²) >= 11 is 12.6. The van der Waals surface area contributed by atoms with Crippen molar-refractivity contribution >= 4 is 46.5 Å². The van der Waals surface area contributed by atoms with Crippen LogP contribution in [0.5, 0.6) is 0 Å². The third-order valence-corrected chi connectivity index (χ3v) is 5.02. The molecule has 17 heteroatoms. The maximum absolute atomic E-state index is 10.3. The smallest absolute Gasteiger partial charge is 0.271 e. The van der Waals surface area contributed by atoms with Gasteiger partial charge in [-0.1, -0.05) is 29.3 Å². The molecular weight excluding hydrogens is 487 g/mol. The largest absolute Gasteiger partial charge is 0.354 e. The Morgan fingerprint density at radius 3 is 2.62 bits per heavy atom. The van der Waals surface area contributed by atoms with Crippen LogP contribution in [-0.4, -0.2) is 57.0 Å². The Morgan fingerprint density at radius 1 is 1.28 bits per heavy atom. The number of hydrogen-bond donors (Lipinski definition) is 3. The molecule has 3 N–H and O–H groups in total. The second-order valence-corrected chi connectivity index (χ2v) is 7.95. The van der Waals surface area contributed by atoms with Gasteiger partial charge in [-0.3, -0.25) is 0 Å². The fraction of sp³-hybridized carbons (Fsp3) is 0.333. The molecule has 0 atom stereocenters. The molecule has 172 valence electrons. The van der Waals surface area contributed by atoms with E-state index < -0.39 is 10.1 Å². The molecule has 2 aromatic heterocycles. The number of aromatic nitrogens is 2. The van der Waals surface area contributed by atoms with Gasteiger partial charge in [0, 0.05) is 44.0 Å². The van der Waals surface area contributed by atoms with E-state index in [0.29, 0.717) is 35.8 Å². The number of hydrazone groups is 2. The number of halogens is 2. The van der Waals surface area contributed by atoms with Gasteiger partial charge in [0.2, 0.25) is 0 Å². The van der Waals surface area contributed by atoms with E-state index in [2.05, 4.69) is 36.1 Å². The molecule has 0 amide bonds. The maximum atomic E-state index is 10.3. The predicted octanol–water partition coefficient (Wildman–Crippen LogP) is 1.34. The van der Waals surface area contributed by atoms with Crippen LogP contribution in [0.4, 0.5) is 0 Å². The van der Waals surface area contributed by atoms with Crippen LogP contribution in [0.2, 0.25) is 9.62 Å². The van der Waals surface area contributed by atoms with Crippen LogP contribution in [0, 0.1) is 20.2 Å². The Morgan fingerprint density at radius 2 is 2.06 bits per heavy atom. The lowest BCUT2D eigenvalue weighted by Crippen LogP contribution is -2.34. The Balaban J connectivity index is 0.000000229. The Bertz CT molecular complexity index is 985. The molecule has 0 unspecified atom stereocenters. The molecule has 0 aromatic carbocycles. The van der Waals surface area contributed by atoms with Crippen molar-refractivity contribution < 1.29 is 10.1 Å². The van der Waals surface area contributed by atoms with Crippen LogP contribution in [0.15, 0.2) is 34.7 Å². The van der Waals surface area contributed by atoms with Crippen molar-refractivity contribution in [3.8, 4) is 0 Å². The molecule has 1 fully saturated rings. The monoisotopic (exact) mass is 504 g/mol. The first-order valence-corrected chi connectivity index (χ1v) is 10.4. The van der Waals surface area contributed by atoms with E-state index in [1.807, 2.05) is 6.07 Å². The lowest BCUT2D eigenvalue weighted by molar-refractivity contribution is -0.485. The van der Waals surface area contributed by atoms with Crippen molar-refractivity contribution in [3.05, 3.63) is 64.8 Å². The summed E-state index contributed by atoms with van der Waals surface area (Å²) in [5.74, 6) is 0.370. The summed E-state index contributed by atoms with van der Waals surface area (Å²) in [6.07, 6.45) is 3.24. The fourth-order valence-electron chi connectivity index (χ4n) is 2.36. The minimum atomic E-state index is -0.779. The minimum absolute atomic E-state index is 0.0875. The quantitative estimate of drug-likeness (QED) is 0.171. The van der Waals surface area contributed by atoms with Gasteiger partial charge in [-0.05, 0) is 11.6 Å². The topological polar surface area (TPSA) is 176 Å². The van der Waals surface area contributed by atoms with Crippen LogP contribution in [-0.2, 0) is 13.1 Å². The average molecular weight is 505 g/mol. The molecule has 14 nitrogen and oxygen atoms in total. The molecule has 2 aromatic rings. The third kappa shape index (κ3) is 8.83. The standard InChI is InChI=1S/C9H10ClN5O2.C6H8ClN5O2S/c10-8-2-1-7(5-12-8)6-14-4-3-11-9(14)13-15(16)17;1-8-6(11-12(13)14)10-3-4-2-9-5(7)15-4/h1-2,5H,3-4,6H2,(H,11,13);2H,3H2,1H3,(H2,8,10,11). The second-order valence-electron chi connectivity index (χ2n) is 5.87.